The summed E-state index contributed by atoms with van der Waals surface area (Å²) in [5, 5.41) is 21.6. The van der Waals surface area contributed by atoms with Crippen molar-refractivity contribution in [3.05, 3.63) is 77.2 Å². The van der Waals surface area contributed by atoms with Gasteiger partial charge in [0, 0.05) is 31.7 Å². The molecule has 8 rings (SSSR count). The van der Waals surface area contributed by atoms with Gasteiger partial charge in [-0.25, -0.2) is 15.0 Å². The lowest BCUT2D eigenvalue weighted by atomic mass is 10.1. The van der Waals surface area contributed by atoms with Crippen LogP contribution < -0.4 is 30.6 Å². The number of hydrogen-bond donors (Lipinski definition) is 4. The van der Waals surface area contributed by atoms with Crippen molar-refractivity contribution >= 4 is 51.7 Å². The summed E-state index contributed by atoms with van der Waals surface area (Å²) >= 11 is 0. The number of hydrogen-bond acceptors (Lipinski definition) is 12. The fourth-order valence-corrected chi connectivity index (χ4v) is 7.03. The quantitative estimate of drug-likeness (QED) is 0.122. The van der Waals surface area contributed by atoms with Crippen LogP contribution in [-0.4, -0.2) is 91.9 Å². The van der Waals surface area contributed by atoms with Crippen LogP contribution in [0.2, 0.25) is 0 Å². The average molecular weight is 789 g/mol. The van der Waals surface area contributed by atoms with Crippen LogP contribution in [-0.2, 0) is 26.2 Å². The zero-order valence-electron chi connectivity index (χ0n) is 32.4. The number of methoxy groups -OCH3 is 1. The summed E-state index contributed by atoms with van der Waals surface area (Å²) in [5.74, 6) is 0.432. The fourth-order valence-electron chi connectivity index (χ4n) is 7.03. The minimum Gasteiger partial charge on any atom is -0.494 e. The van der Waals surface area contributed by atoms with Crippen LogP contribution in [0.1, 0.15) is 56.6 Å². The van der Waals surface area contributed by atoms with Gasteiger partial charge in [-0.05, 0) is 58.0 Å². The Hall–Kier alpha value is -7.51. The minimum absolute atomic E-state index is 0.110. The van der Waals surface area contributed by atoms with Gasteiger partial charge in [-0.2, -0.15) is 15.3 Å². The number of benzene rings is 2. The molecule has 2 aromatic carbocycles. The maximum atomic E-state index is 13.7. The summed E-state index contributed by atoms with van der Waals surface area (Å²) in [6.07, 6.45) is 5.17. The number of allylic oxidation sites excluding steroid dienone is 2. The Bertz CT molecular complexity index is 2750. The number of aromatic nitrogens is 11. The number of primary amides is 1. The highest BCUT2D eigenvalue weighted by molar-refractivity contribution is 6.06. The Kier molecular flexibility index (Phi) is 9.81. The molecule has 0 aliphatic carbocycles. The third-order valence-electron chi connectivity index (χ3n) is 9.56. The van der Waals surface area contributed by atoms with Crippen LogP contribution in [0.3, 0.4) is 0 Å². The van der Waals surface area contributed by atoms with Gasteiger partial charge >= 0.3 is 0 Å². The van der Waals surface area contributed by atoms with Crippen LogP contribution in [0, 0.1) is 13.8 Å². The Morgan fingerprint density at radius 3 is 1.93 bits per heavy atom. The average Bonchev–Trinajstić information content (AvgIpc) is 4.06. The van der Waals surface area contributed by atoms with E-state index in [1.54, 1.807) is 33.2 Å². The number of rotatable bonds is 13. The summed E-state index contributed by atoms with van der Waals surface area (Å²) in [6, 6.07) is 8.59. The molecule has 0 unspecified atom stereocenters. The molecule has 5 aromatic heterocycles. The number of nitrogens with two attached hydrogens (primary N) is 1. The van der Waals surface area contributed by atoms with E-state index in [0.717, 1.165) is 0 Å². The second-order valence-electron chi connectivity index (χ2n) is 13.3. The Morgan fingerprint density at radius 1 is 0.828 bits per heavy atom. The zero-order chi connectivity index (χ0) is 40.7. The van der Waals surface area contributed by atoms with Gasteiger partial charge in [0.1, 0.15) is 47.7 Å². The standard InChI is InChI=1S/C38H40N14O6/c1-6-51-26(14-20(3)47-51)35(54)44-37-42-24-16-22(34-40-19-41-46-34)17-28(56-5)29(24)49(37)10-8-9-11-50-30-25(18-23(33(39)53)31-32(30)58-13-12-57-31)43-38(50)45-36(55)27-15-21(4)48-52(27)7-2/h8-9,14-19H,6-7,10-13H2,1-5H3,(H2,39,53)(H,40,41,46)(H,42,44,54)(H,43,45,55)/b9-8+. The number of aromatic amines is 1. The number of H-pyrrole nitrogens is 1. The Labute approximate surface area is 330 Å². The molecule has 3 amide bonds. The van der Waals surface area contributed by atoms with E-state index in [4.69, 9.17) is 29.9 Å². The molecule has 0 atom stereocenters. The first-order chi connectivity index (χ1) is 28.1. The van der Waals surface area contributed by atoms with Crippen molar-refractivity contribution in [1.82, 2.24) is 53.8 Å². The number of carbonyl (C=O) groups is 3. The highest BCUT2D eigenvalue weighted by atomic mass is 16.6. The van der Waals surface area contributed by atoms with Crippen molar-refractivity contribution in [3.63, 3.8) is 0 Å². The van der Waals surface area contributed by atoms with Gasteiger partial charge in [-0.1, -0.05) is 12.2 Å². The third-order valence-corrected chi connectivity index (χ3v) is 9.56. The zero-order valence-corrected chi connectivity index (χ0v) is 32.4. The van der Waals surface area contributed by atoms with E-state index in [9.17, 15) is 14.4 Å². The molecule has 0 spiro atoms. The van der Waals surface area contributed by atoms with Crippen molar-refractivity contribution in [1.29, 1.82) is 0 Å². The Balaban J connectivity index is 1.19. The Morgan fingerprint density at radius 2 is 1.40 bits per heavy atom. The van der Waals surface area contributed by atoms with E-state index in [-0.39, 0.29) is 61.2 Å². The van der Waals surface area contributed by atoms with E-state index >= 15 is 0 Å². The molecule has 0 fully saturated rings. The van der Waals surface area contributed by atoms with Gasteiger partial charge in [-0.15, -0.1) is 0 Å². The molecule has 7 aromatic rings. The van der Waals surface area contributed by atoms with Gasteiger partial charge < -0.3 is 29.1 Å². The molecule has 20 nitrogen and oxygen atoms in total. The first kappa shape index (κ1) is 37.4. The predicted octanol–water partition coefficient (Wildman–Crippen LogP) is 3.86. The van der Waals surface area contributed by atoms with Gasteiger partial charge in [0.25, 0.3) is 17.7 Å². The van der Waals surface area contributed by atoms with E-state index in [1.165, 1.54) is 12.4 Å². The van der Waals surface area contributed by atoms with Crippen molar-refractivity contribution in [2.45, 2.75) is 53.9 Å². The molecule has 5 N–H and O–H groups in total. The molecule has 6 heterocycles. The largest absolute Gasteiger partial charge is 0.494 e. The van der Waals surface area contributed by atoms with Crippen LogP contribution in [0.4, 0.5) is 11.9 Å². The summed E-state index contributed by atoms with van der Waals surface area (Å²) in [4.78, 5) is 53.8. The summed E-state index contributed by atoms with van der Waals surface area (Å²) < 4.78 is 24.6. The topological polar surface area (TPSA) is 242 Å². The minimum atomic E-state index is -0.709. The lowest BCUT2D eigenvalue weighted by molar-refractivity contribution is 0.0985. The number of carbonyl (C=O) groups excluding carboxylic acids is 3. The molecular weight excluding hydrogens is 749 g/mol. The van der Waals surface area contributed by atoms with Crippen molar-refractivity contribution in [2.75, 3.05) is 31.0 Å². The lowest BCUT2D eigenvalue weighted by Gasteiger charge is -2.21. The number of amides is 3. The molecule has 0 saturated heterocycles. The molecule has 1 aliphatic rings. The van der Waals surface area contributed by atoms with Gasteiger partial charge in [-0.3, -0.25) is 39.5 Å². The van der Waals surface area contributed by atoms with E-state index in [1.807, 2.05) is 56.5 Å². The first-order valence-corrected chi connectivity index (χ1v) is 18.5. The molecule has 0 bridgehead atoms. The summed E-state index contributed by atoms with van der Waals surface area (Å²) in [5.41, 5.74) is 10.7. The lowest BCUT2D eigenvalue weighted by Crippen LogP contribution is -2.21. The molecule has 1 aliphatic heterocycles. The van der Waals surface area contributed by atoms with Gasteiger partial charge in [0.2, 0.25) is 11.9 Å². The highest BCUT2D eigenvalue weighted by Crippen LogP contribution is 2.42. The molecular formula is C38H40N14O6. The van der Waals surface area contributed by atoms with Crippen LogP contribution in [0.5, 0.6) is 17.2 Å². The molecule has 0 saturated carbocycles. The van der Waals surface area contributed by atoms with Gasteiger partial charge in [0.05, 0.1) is 35.1 Å². The van der Waals surface area contributed by atoms with E-state index < -0.39 is 11.8 Å². The number of nitrogens with zero attached hydrogens (tertiary/aromatic N) is 10. The number of nitrogens with one attached hydrogen (secondary N) is 3. The second kappa shape index (κ2) is 15.2. The summed E-state index contributed by atoms with van der Waals surface area (Å²) in [6.45, 7) is 9.27. The molecule has 298 valence electrons. The number of imidazole rings is 2. The van der Waals surface area contributed by atoms with Crippen LogP contribution in [0.25, 0.3) is 33.5 Å². The number of ether oxygens (including phenoxy) is 3. The maximum absolute atomic E-state index is 13.7. The molecule has 20 heteroatoms. The predicted molar refractivity (Wildman–Crippen MR) is 211 cm³/mol. The normalized spacial score (nSPS) is 12.5. The SMILES string of the molecule is CCn1nc(C)cc1C(=O)Nc1nc2cc(-c3ncn[nH]3)cc(OC)c2n1C/C=C/Cn1c(NC(=O)c2cc(C)nn2CC)nc2cc(C(N)=O)c3c(c21)OCCO3. The van der Waals surface area contributed by atoms with Crippen LogP contribution >= 0.6 is 0 Å². The molecule has 0 radical (unpaired) electrons. The van der Waals surface area contributed by atoms with Gasteiger partial charge in [0.15, 0.2) is 17.3 Å². The smallest absolute Gasteiger partial charge is 0.276 e. The number of anilines is 2. The molecule has 58 heavy (non-hydrogen) atoms. The van der Waals surface area contributed by atoms with Crippen molar-refractivity contribution < 1.29 is 28.6 Å². The van der Waals surface area contributed by atoms with E-state index in [0.29, 0.717) is 75.1 Å². The fraction of sp³-hybridized carbons (Fsp3) is 0.289. The number of fused-ring (bicyclic) bond motifs is 4. The first-order valence-electron chi connectivity index (χ1n) is 18.5. The summed E-state index contributed by atoms with van der Waals surface area (Å²) in [7, 11) is 1.55. The number of aryl methyl sites for hydroxylation is 4. The van der Waals surface area contributed by atoms with Crippen molar-refractivity contribution in [2.24, 2.45) is 5.73 Å². The highest BCUT2D eigenvalue weighted by Gasteiger charge is 2.28. The van der Waals surface area contributed by atoms with Crippen molar-refractivity contribution in [3.8, 4) is 28.6 Å². The third kappa shape index (κ3) is 6.73. The monoisotopic (exact) mass is 788 g/mol. The van der Waals surface area contributed by atoms with Crippen LogP contribution in [0.15, 0.2) is 48.8 Å². The van der Waals surface area contributed by atoms with E-state index in [2.05, 4.69) is 36.0 Å². The second-order valence-corrected chi connectivity index (χ2v) is 13.3. The maximum Gasteiger partial charge on any atom is 0.276 e.